The fourth-order valence-corrected chi connectivity index (χ4v) is 2.14. The number of rotatable bonds is 6. The number of hydrogen-bond donors (Lipinski definition) is 3. The topological polar surface area (TPSA) is 97.9 Å². The van der Waals surface area contributed by atoms with Crippen LogP contribution in [0, 0.1) is 5.92 Å². The summed E-state index contributed by atoms with van der Waals surface area (Å²) in [6, 6.07) is 3.00. The van der Waals surface area contributed by atoms with Crippen molar-refractivity contribution in [2.45, 2.75) is 20.3 Å². The van der Waals surface area contributed by atoms with Gasteiger partial charge in [-0.15, -0.1) is 0 Å². The van der Waals surface area contributed by atoms with Gasteiger partial charge < -0.3 is 19.5 Å². The second-order valence-corrected chi connectivity index (χ2v) is 5.88. The van der Waals surface area contributed by atoms with Crippen LogP contribution < -0.4 is 30.4 Å². The van der Waals surface area contributed by atoms with Crippen molar-refractivity contribution >= 4 is 29.1 Å². The van der Waals surface area contributed by atoms with Crippen molar-refractivity contribution in [1.29, 1.82) is 0 Å². The molecule has 138 valence electrons. The number of ether oxygens (including phenoxy) is 3. The van der Waals surface area contributed by atoms with E-state index in [9.17, 15) is 9.59 Å². The lowest BCUT2D eigenvalue weighted by Crippen LogP contribution is -2.48. The van der Waals surface area contributed by atoms with E-state index in [0.29, 0.717) is 23.7 Å². The van der Waals surface area contributed by atoms with Gasteiger partial charge in [0.05, 0.1) is 21.3 Å². The van der Waals surface area contributed by atoms with E-state index in [1.807, 2.05) is 13.8 Å². The minimum absolute atomic E-state index is 0.00596. The molecule has 1 aromatic carbocycles. The SMILES string of the molecule is COc1cc(C(=O)NNC(=S)NC(=O)CC(C)C)cc(OC)c1OC. The van der Waals surface area contributed by atoms with E-state index in [0.717, 1.165) is 0 Å². The standard InChI is InChI=1S/C16H23N3O5S/c1-9(2)6-13(20)17-16(25)19-18-15(21)10-7-11(22-3)14(24-5)12(8-10)23-4/h7-9H,6H2,1-5H3,(H,18,21)(H2,17,19,20,25). The summed E-state index contributed by atoms with van der Waals surface area (Å²) in [6.07, 6.45) is 0.336. The first-order valence-corrected chi connectivity index (χ1v) is 7.93. The Labute approximate surface area is 152 Å². The van der Waals surface area contributed by atoms with Crippen LogP contribution in [0.3, 0.4) is 0 Å². The van der Waals surface area contributed by atoms with Crippen LogP contribution in [-0.2, 0) is 4.79 Å². The summed E-state index contributed by atoms with van der Waals surface area (Å²) in [4.78, 5) is 23.9. The molecule has 0 radical (unpaired) electrons. The molecule has 0 heterocycles. The number of carbonyl (C=O) groups excluding carboxylic acids is 2. The van der Waals surface area contributed by atoms with Crippen molar-refractivity contribution < 1.29 is 23.8 Å². The summed E-state index contributed by atoms with van der Waals surface area (Å²) in [6.45, 7) is 3.84. The molecule has 3 N–H and O–H groups in total. The minimum atomic E-state index is -0.486. The molecule has 9 heteroatoms. The van der Waals surface area contributed by atoms with Crippen molar-refractivity contribution in [3.8, 4) is 17.2 Å². The number of benzene rings is 1. The Kier molecular flexibility index (Phi) is 7.93. The molecule has 8 nitrogen and oxygen atoms in total. The quantitative estimate of drug-likeness (QED) is 0.515. The number of carbonyl (C=O) groups is 2. The van der Waals surface area contributed by atoms with Crippen LogP contribution in [0.25, 0.3) is 0 Å². The van der Waals surface area contributed by atoms with Crippen molar-refractivity contribution in [3.63, 3.8) is 0 Å². The lowest BCUT2D eigenvalue weighted by molar-refractivity contribution is -0.120. The van der Waals surface area contributed by atoms with Crippen molar-refractivity contribution in [1.82, 2.24) is 16.2 Å². The van der Waals surface area contributed by atoms with Gasteiger partial charge >= 0.3 is 0 Å². The van der Waals surface area contributed by atoms with E-state index in [-0.39, 0.29) is 22.5 Å². The third kappa shape index (κ3) is 6.11. The zero-order valence-electron chi connectivity index (χ0n) is 14.9. The first kappa shape index (κ1) is 20.5. The molecule has 0 aliphatic heterocycles. The zero-order chi connectivity index (χ0) is 19.0. The Bertz CT molecular complexity index is 624. The number of hydrazine groups is 1. The van der Waals surface area contributed by atoms with Gasteiger partial charge in [0.2, 0.25) is 11.7 Å². The van der Waals surface area contributed by atoms with Gasteiger partial charge in [-0.3, -0.25) is 20.4 Å². The number of nitrogens with one attached hydrogen (secondary N) is 3. The summed E-state index contributed by atoms with van der Waals surface area (Å²) >= 11 is 4.96. The molecule has 0 saturated carbocycles. The predicted octanol–water partition coefficient (Wildman–Crippen LogP) is 1.39. The maximum absolute atomic E-state index is 12.3. The average molecular weight is 369 g/mol. The lowest BCUT2D eigenvalue weighted by Gasteiger charge is -2.15. The first-order chi connectivity index (χ1) is 11.8. The zero-order valence-corrected chi connectivity index (χ0v) is 15.7. The van der Waals surface area contributed by atoms with Gasteiger partial charge in [-0.25, -0.2) is 0 Å². The summed E-state index contributed by atoms with van der Waals surface area (Å²) in [5.41, 5.74) is 5.14. The van der Waals surface area contributed by atoms with Gasteiger partial charge in [0.15, 0.2) is 16.6 Å². The first-order valence-electron chi connectivity index (χ1n) is 7.52. The molecular weight excluding hydrogens is 346 g/mol. The van der Waals surface area contributed by atoms with E-state index in [2.05, 4.69) is 16.2 Å². The normalized spacial score (nSPS) is 10.0. The molecular formula is C16H23N3O5S. The van der Waals surface area contributed by atoms with Gasteiger partial charge in [0, 0.05) is 12.0 Å². The average Bonchev–Trinajstić information content (AvgIpc) is 2.57. The molecule has 0 saturated heterocycles. The second kappa shape index (κ2) is 9.67. The number of amides is 2. The molecule has 0 aliphatic carbocycles. The second-order valence-electron chi connectivity index (χ2n) is 5.47. The Morgan fingerprint density at radius 1 is 1.04 bits per heavy atom. The van der Waals surface area contributed by atoms with Crippen LogP contribution in [0.4, 0.5) is 0 Å². The summed E-state index contributed by atoms with van der Waals surface area (Å²) in [5.74, 6) is 0.566. The number of hydrogen-bond acceptors (Lipinski definition) is 6. The molecule has 0 unspecified atom stereocenters. The molecule has 1 aromatic rings. The molecule has 25 heavy (non-hydrogen) atoms. The highest BCUT2D eigenvalue weighted by Gasteiger charge is 2.17. The van der Waals surface area contributed by atoms with Crippen molar-refractivity contribution in [2.75, 3.05) is 21.3 Å². The van der Waals surface area contributed by atoms with E-state index in [1.54, 1.807) is 0 Å². The molecule has 0 fully saturated rings. The number of methoxy groups -OCH3 is 3. The summed E-state index contributed by atoms with van der Waals surface area (Å²) in [5, 5.41) is 2.48. The summed E-state index contributed by atoms with van der Waals surface area (Å²) in [7, 11) is 4.38. The molecule has 2 amide bonds. The molecule has 0 aromatic heterocycles. The molecule has 0 aliphatic rings. The van der Waals surface area contributed by atoms with E-state index in [4.69, 9.17) is 26.4 Å². The van der Waals surface area contributed by atoms with E-state index < -0.39 is 5.91 Å². The Morgan fingerprint density at radius 2 is 1.60 bits per heavy atom. The highest BCUT2D eigenvalue weighted by Crippen LogP contribution is 2.38. The lowest BCUT2D eigenvalue weighted by atomic mass is 10.1. The van der Waals surface area contributed by atoms with Gasteiger partial charge in [-0.2, -0.15) is 0 Å². The van der Waals surface area contributed by atoms with Crippen LogP contribution in [0.15, 0.2) is 12.1 Å². The molecule has 0 spiro atoms. The summed E-state index contributed by atoms with van der Waals surface area (Å²) < 4.78 is 15.6. The highest BCUT2D eigenvalue weighted by molar-refractivity contribution is 7.80. The van der Waals surface area contributed by atoms with Gasteiger partial charge in [0.1, 0.15) is 0 Å². The van der Waals surface area contributed by atoms with Crippen LogP contribution >= 0.6 is 12.2 Å². The van der Waals surface area contributed by atoms with E-state index >= 15 is 0 Å². The Hall–Kier alpha value is -2.55. The largest absolute Gasteiger partial charge is 0.493 e. The third-order valence-electron chi connectivity index (χ3n) is 3.06. The smallest absolute Gasteiger partial charge is 0.269 e. The fraction of sp³-hybridized carbons (Fsp3) is 0.438. The maximum atomic E-state index is 12.3. The van der Waals surface area contributed by atoms with Crippen LogP contribution in [0.1, 0.15) is 30.6 Å². The molecule has 1 rings (SSSR count). The van der Waals surface area contributed by atoms with Crippen molar-refractivity contribution in [2.24, 2.45) is 5.92 Å². The Morgan fingerprint density at radius 3 is 2.04 bits per heavy atom. The predicted molar refractivity (Wildman–Crippen MR) is 96.9 cm³/mol. The van der Waals surface area contributed by atoms with Crippen LogP contribution in [0.2, 0.25) is 0 Å². The van der Waals surface area contributed by atoms with E-state index in [1.165, 1.54) is 33.5 Å². The number of thiocarbonyl (C=S) groups is 1. The maximum Gasteiger partial charge on any atom is 0.269 e. The monoisotopic (exact) mass is 369 g/mol. The molecule has 0 atom stereocenters. The molecule has 0 bridgehead atoms. The van der Waals surface area contributed by atoms with Gasteiger partial charge in [0.25, 0.3) is 5.91 Å². The van der Waals surface area contributed by atoms with Gasteiger partial charge in [-0.1, -0.05) is 13.8 Å². The van der Waals surface area contributed by atoms with Crippen molar-refractivity contribution in [3.05, 3.63) is 17.7 Å². The Balaban J connectivity index is 2.74. The van der Waals surface area contributed by atoms with Crippen LogP contribution in [0.5, 0.6) is 17.2 Å². The third-order valence-corrected chi connectivity index (χ3v) is 3.27. The van der Waals surface area contributed by atoms with Gasteiger partial charge in [-0.05, 0) is 30.3 Å². The van der Waals surface area contributed by atoms with Crippen LogP contribution in [-0.4, -0.2) is 38.3 Å². The minimum Gasteiger partial charge on any atom is -0.493 e. The fourth-order valence-electron chi connectivity index (χ4n) is 1.98. The highest BCUT2D eigenvalue weighted by atomic mass is 32.1.